The average molecular weight is 318 g/mol. The lowest BCUT2D eigenvalue weighted by molar-refractivity contribution is -0.00272. The van der Waals surface area contributed by atoms with Crippen molar-refractivity contribution in [1.82, 2.24) is 9.62 Å². The van der Waals surface area contributed by atoms with Crippen molar-refractivity contribution in [3.63, 3.8) is 0 Å². The number of nitrogens with zero attached hydrogens (tertiary/aromatic N) is 1. The molecule has 0 spiro atoms. The SMILES string of the molecule is CCNCc1ccc(S(=O)(=O)N2CCOC(CC)C2)s1. The van der Waals surface area contributed by atoms with E-state index < -0.39 is 10.0 Å². The van der Waals surface area contributed by atoms with Gasteiger partial charge in [0.15, 0.2) is 0 Å². The maximum absolute atomic E-state index is 12.6. The first kappa shape index (κ1) is 15.9. The normalized spacial score (nSPS) is 21.2. The van der Waals surface area contributed by atoms with Gasteiger partial charge in [0.1, 0.15) is 4.21 Å². The van der Waals surface area contributed by atoms with Gasteiger partial charge in [-0.15, -0.1) is 11.3 Å². The molecule has 1 aliphatic rings. The molecule has 0 aliphatic carbocycles. The maximum Gasteiger partial charge on any atom is 0.252 e. The van der Waals surface area contributed by atoms with Gasteiger partial charge in [0.2, 0.25) is 0 Å². The molecule has 0 saturated carbocycles. The Balaban J connectivity index is 2.11. The van der Waals surface area contributed by atoms with Gasteiger partial charge in [0, 0.05) is 24.5 Å². The Kier molecular flexibility index (Phi) is 5.57. The van der Waals surface area contributed by atoms with Crippen molar-refractivity contribution < 1.29 is 13.2 Å². The summed E-state index contributed by atoms with van der Waals surface area (Å²) in [4.78, 5) is 1.05. The Morgan fingerprint density at radius 3 is 2.95 bits per heavy atom. The van der Waals surface area contributed by atoms with Gasteiger partial charge in [-0.05, 0) is 25.1 Å². The first-order chi connectivity index (χ1) is 9.57. The molecule has 0 aromatic carbocycles. The van der Waals surface area contributed by atoms with Crippen LogP contribution >= 0.6 is 11.3 Å². The van der Waals surface area contributed by atoms with E-state index in [0.29, 0.717) is 23.9 Å². The maximum atomic E-state index is 12.6. The van der Waals surface area contributed by atoms with Gasteiger partial charge in [-0.3, -0.25) is 0 Å². The molecule has 1 saturated heterocycles. The zero-order chi connectivity index (χ0) is 14.6. The fraction of sp³-hybridized carbons (Fsp3) is 0.692. The molecule has 2 rings (SSSR count). The fourth-order valence-electron chi connectivity index (χ4n) is 2.12. The Morgan fingerprint density at radius 2 is 2.25 bits per heavy atom. The summed E-state index contributed by atoms with van der Waals surface area (Å²) in [5.74, 6) is 0. The number of sulfonamides is 1. The van der Waals surface area contributed by atoms with Gasteiger partial charge in [-0.2, -0.15) is 4.31 Å². The lowest BCUT2D eigenvalue weighted by atomic mass is 10.2. The zero-order valence-corrected chi connectivity index (χ0v) is 13.6. The number of nitrogens with one attached hydrogen (secondary N) is 1. The fourth-order valence-corrected chi connectivity index (χ4v) is 5.06. The van der Waals surface area contributed by atoms with Gasteiger partial charge in [0.05, 0.1) is 12.7 Å². The second-order valence-corrected chi connectivity index (χ2v) is 8.10. The summed E-state index contributed by atoms with van der Waals surface area (Å²) in [6, 6.07) is 3.60. The first-order valence-corrected chi connectivity index (χ1v) is 9.24. The van der Waals surface area contributed by atoms with Crippen molar-refractivity contribution in [3.05, 3.63) is 17.0 Å². The molecule has 1 aromatic rings. The van der Waals surface area contributed by atoms with Crippen molar-refractivity contribution in [1.29, 1.82) is 0 Å². The lowest BCUT2D eigenvalue weighted by Crippen LogP contribution is -2.45. The van der Waals surface area contributed by atoms with E-state index in [1.807, 2.05) is 19.9 Å². The summed E-state index contributed by atoms with van der Waals surface area (Å²) >= 11 is 1.35. The highest BCUT2D eigenvalue weighted by Gasteiger charge is 2.31. The number of hydrogen-bond acceptors (Lipinski definition) is 5. The van der Waals surface area contributed by atoms with E-state index in [1.54, 1.807) is 10.4 Å². The summed E-state index contributed by atoms with van der Waals surface area (Å²) in [5, 5.41) is 3.21. The summed E-state index contributed by atoms with van der Waals surface area (Å²) in [6.07, 6.45) is 0.849. The van der Waals surface area contributed by atoms with E-state index in [2.05, 4.69) is 5.32 Å². The highest BCUT2D eigenvalue weighted by Crippen LogP contribution is 2.26. The number of ether oxygens (including phenoxy) is 1. The third-order valence-corrected chi connectivity index (χ3v) is 6.76. The Bertz CT molecular complexity index is 527. The van der Waals surface area contributed by atoms with E-state index in [9.17, 15) is 8.42 Å². The van der Waals surface area contributed by atoms with Crippen LogP contribution < -0.4 is 5.32 Å². The minimum absolute atomic E-state index is 0.0136. The number of hydrogen-bond donors (Lipinski definition) is 1. The number of rotatable bonds is 6. The predicted molar refractivity (Wildman–Crippen MR) is 80.5 cm³/mol. The minimum atomic E-state index is -3.37. The molecule has 0 amide bonds. The molecule has 114 valence electrons. The second kappa shape index (κ2) is 7.00. The van der Waals surface area contributed by atoms with Crippen molar-refractivity contribution in [3.8, 4) is 0 Å². The summed E-state index contributed by atoms with van der Waals surface area (Å²) in [6.45, 7) is 7.02. The van der Waals surface area contributed by atoms with Crippen LogP contribution in [0.3, 0.4) is 0 Å². The molecular formula is C13H22N2O3S2. The van der Waals surface area contributed by atoms with Crippen molar-refractivity contribution in [2.75, 3.05) is 26.2 Å². The monoisotopic (exact) mass is 318 g/mol. The van der Waals surface area contributed by atoms with Gasteiger partial charge in [-0.1, -0.05) is 13.8 Å². The number of thiophene rings is 1. The zero-order valence-electron chi connectivity index (χ0n) is 12.0. The summed E-state index contributed by atoms with van der Waals surface area (Å²) < 4.78 is 32.7. The quantitative estimate of drug-likeness (QED) is 0.866. The molecule has 7 heteroatoms. The molecule has 1 atom stereocenters. The van der Waals surface area contributed by atoms with Crippen molar-refractivity contribution in [2.45, 2.75) is 37.1 Å². The minimum Gasteiger partial charge on any atom is -0.375 e. The highest BCUT2D eigenvalue weighted by atomic mass is 32.2. The van der Waals surface area contributed by atoms with Crippen LogP contribution in [0, 0.1) is 0 Å². The summed E-state index contributed by atoms with van der Waals surface area (Å²) in [5.41, 5.74) is 0. The Labute approximate surface area is 125 Å². The van der Waals surface area contributed by atoms with Crippen LogP contribution in [0.25, 0.3) is 0 Å². The van der Waals surface area contributed by atoms with Crippen LogP contribution in [-0.2, 0) is 21.3 Å². The van der Waals surface area contributed by atoms with Crippen LogP contribution in [0.2, 0.25) is 0 Å². The van der Waals surface area contributed by atoms with Gasteiger partial charge in [0.25, 0.3) is 10.0 Å². The standard InChI is InChI=1S/C13H22N2O3S2/c1-3-11-10-15(7-8-18-11)20(16,17)13-6-5-12(19-13)9-14-4-2/h5-6,11,14H,3-4,7-10H2,1-2H3. The molecule has 0 radical (unpaired) electrons. The predicted octanol–water partition coefficient (Wildman–Crippen LogP) is 1.66. The lowest BCUT2D eigenvalue weighted by Gasteiger charge is -2.31. The molecule has 5 nitrogen and oxygen atoms in total. The van der Waals surface area contributed by atoms with Crippen LogP contribution in [0.4, 0.5) is 0 Å². The second-order valence-electron chi connectivity index (χ2n) is 4.77. The molecule has 1 unspecified atom stereocenters. The van der Waals surface area contributed by atoms with E-state index in [1.165, 1.54) is 11.3 Å². The molecule has 1 aliphatic heterocycles. The molecule has 20 heavy (non-hydrogen) atoms. The molecule has 1 aromatic heterocycles. The number of morpholine rings is 1. The molecule has 1 N–H and O–H groups in total. The van der Waals surface area contributed by atoms with E-state index in [4.69, 9.17) is 4.74 Å². The molecule has 0 bridgehead atoms. The van der Waals surface area contributed by atoms with E-state index in [0.717, 1.165) is 24.4 Å². The highest BCUT2D eigenvalue weighted by molar-refractivity contribution is 7.91. The third kappa shape index (κ3) is 3.59. The first-order valence-electron chi connectivity index (χ1n) is 6.99. The van der Waals surface area contributed by atoms with Crippen molar-refractivity contribution in [2.24, 2.45) is 0 Å². The summed E-state index contributed by atoms with van der Waals surface area (Å²) in [7, 11) is -3.37. The topological polar surface area (TPSA) is 58.6 Å². The van der Waals surface area contributed by atoms with Crippen LogP contribution in [-0.4, -0.2) is 45.1 Å². The average Bonchev–Trinajstić information content (AvgIpc) is 2.94. The smallest absolute Gasteiger partial charge is 0.252 e. The Hall–Kier alpha value is -0.470. The van der Waals surface area contributed by atoms with E-state index in [-0.39, 0.29) is 6.10 Å². The molecule has 1 fully saturated rings. The largest absolute Gasteiger partial charge is 0.375 e. The van der Waals surface area contributed by atoms with Crippen molar-refractivity contribution >= 4 is 21.4 Å². The van der Waals surface area contributed by atoms with Crippen LogP contribution in [0.1, 0.15) is 25.1 Å². The van der Waals surface area contributed by atoms with E-state index >= 15 is 0 Å². The van der Waals surface area contributed by atoms with Gasteiger partial charge >= 0.3 is 0 Å². The van der Waals surface area contributed by atoms with Crippen LogP contribution in [0.5, 0.6) is 0 Å². The van der Waals surface area contributed by atoms with Gasteiger partial charge < -0.3 is 10.1 Å². The Morgan fingerprint density at radius 1 is 1.45 bits per heavy atom. The molecule has 2 heterocycles. The van der Waals surface area contributed by atoms with Gasteiger partial charge in [-0.25, -0.2) is 8.42 Å². The molecular weight excluding hydrogens is 296 g/mol. The van der Waals surface area contributed by atoms with Crippen LogP contribution in [0.15, 0.2) is 16.3 Å². The third-order valence-electron chi connectivity index (χ3n) is 3.34.